The number of nitrogens with zero attached hydrogens (tertiary/aromatic N) is 1. The summed E-state index contributed by atoms with van der Waals surface area (Å²) in [7, 11) is 1.69. The summed E-state index contributed by atoms with van der Waals surface area (Å²) < 4.78 is 17.5. The fraction of sp³-hybridized carbons (Fsp3) is 0.458. The van der Waals surface area contributed by atoms with E-state index in [0.29, 0.717) is 19.6 Å². The Kier molecular flexibility index (Phi) is 6.87. The Hall–Kier alpha value is -2.57. The lowest BCUT2D eigenvalue weighted by Crippen LogP contribution is -2.28. The van der Waals surface area contributed by atoms with E-state index < -0.39 is 0 Å². The molecule has 2 aromatic carbocycles. The van der Waals surface area contributed by atoms with Crippen molar-refractivity contribution in [2.45, 2.75) is 31.9 Å². The van der Waals surface area contributed by atoms with Crippen LogP contribution in [0.15, 0.2) is 42.5 Å². The fourth-order valence-corrected chi connectivity index (χ4v) is 4.07. The summed E-state index contributed by atoms with van der Waals surface area (Å²) in [5, 5.41) is 2.94. The molecule has 0 aromatic heterocycles. The second kappa shape index (κ2) is 9.96. The van der Waals surface area contributed by atoms with Crippen LogP contribution in [0, 0.1) is 0 Å². The zero-order valence-electron chi connectivity index (χ0n) is 17.6. The van der Waals surface area contributed by atoms with E-state index in [0.717, 1.165) is 67.3 Å². The van der Waals surface area contributed by atoms with Gasteiger partial charge >= 0.3 is 0 Å². The molecule has 2 aromatic rings. The van der Waals surface area contributed by atoms with Crippen molar-refractivity contribution in [3.8, 4) is 22.6 Å². The third-order valence-corrected chi connectivity index (χ3v) is 5.73. The van der Waals surface area contributed by atoms with E-state index in [1.54, 1.807) is 7.11 Å². The molecule has 1 amide bonds. The highest BCUT2D eigenvalue weighted by atomic mass is 16.5. The molecule has 2 aliphatic rings. The smallest absolute Gasteiger partial charge is 0.221 e. The summed E-state index contributed by atoms with van der Waals surface area (Å²) in [6, 6.07) is 14.4. The highest BCUT2D eigenvalue weighted by molar-refractivity contribution is 5.76. The minimum atomic E-state index is 0.120. The van der Waals surface area contributed by atoms with Crippen LogP contribution in [0.3, 0.4) is 0 Å². The Balaban J connectivity index is 1.59. The quantitative estimate of drug-likeness (QED) is 0.759. The molecule has 1 unspecified atom stereocenters. The summed E-state index contributed by atoms with van der Waals surface area (Å²) in [5.74, 6) is 1.85. The van der Waals surface area contributed by atoms with Gasteiger partial charge in [-0.3, -0.25) is 9.69 Å². The second-order valence-corrected chi connectivity index (χ2v) is 7.84. The van der Waals surface area contributed by atoms with E-state index in [9.17, 15) is 4.79 Å². The molecule has 0 aliphatic carbocycles. The highest BCUT2D eigenvalue weighted by Gasteiger charge is 2.19. The Labute approximate surface area is 178 Å². The lowest BCUT2D eigenvalue weighted by Gasteiger charge is -2.22. The van der Waals surface area contributed by atoms with E-state index in [1.807, 2.05) is 24.3 Å². The molecule has 1 N–H and O–H groups in total. The molecule has 30 heavy (non-hydrogen) atoms. The standard InChI is InChI=1S/C24H30N2O4/c1-28-23-7-3-2-6-21(23)18-8-9-22(30-17-20-5-4-14-29-20)19(15-18)16-26-12-10-24(27)25-11-13-26/h2-3,6-9,15,20H,4-5,10-14,16-17H2,1H3,(H,25,27). The molecule has 2 aliphatic heterocycles. The molecule has 6 nitrogen and oxygen atoms in total. The first kappa shape index (κ1) is 20.7. The van der Waals surface area contributed by atoms with Gasteiger partial charge in [0, 0.05) is 50.3 Å². The number of benzene rings is 2. The summed E-state index contributed by atoms with van der Waals surface area (Å²) in [6.45, 7) is 4.38. The maximum atomic E-state index is 11.7. The number of amides is 1. The number of ether oxygens (including phenoxy) is 3. The average Bonchev–Trinajstić information content (AvgIpc) is 3.22. The van der Waals surface area contributed by atoms with Gasteiger partial charge in [0.2, 0.25) is 5.91 Å². The molecule has 0 radical (unpaired) electrons. The zero-order valence-corrected chi connectivity index (χ0v) is 17.6. The lowest BCUT2D eigenvalue weighted by atomic mass is 10.0. The van der Waals surface area contributed by atoms with Gasteiger partial charge in [-0.2, -0.15) is 0 Å². The van der Waals surface area contributed by atoms with Crippen molar-refractivity contribution >= 4 is 5.91 Å². The fourth-order valence-electron chi connectivity index (χ4n) is 4.07. The second-order valence-electron chi connectivity index (χ2n) is 7.84. The van der Waals surface area contributed by atoms with Crippen LogP contribution >= 0.6 is 0 Å². The van der Waals surface area contributed by atoms with Crippen molar-refractivity contribution in [1.82, 2.24) is 10.2 Å². The third kappa shape index (κ3) is 5.12. The summed E-state index contributed by atoms with van der Waals surface area (Å²) in [4.78, 5) is 14.0. The average molecular weight is 411 g/mol. The van der Waals surface area contributed by atoms with Crippen molar-refractivity contribution in [2.75, 3.05) is 40.0 Å². The molecule has 2 saturated heterocycles. The van der Waals surface area contributed by atoms with E-state index in [4.69, 9.17) is 14.2 Å². The molecular weight excluding hydrogens is 380 g/mol. The molecule has 0 spiro atoms. The number of hydrogen-bond acceptors (Lipinski definition) is 5. The predicted molar refractivity (Wildman–Crippen MR) is 116 cm³/mol. The van der Waals surface area contributed by atoms with Crippen LogP contribution in [-0.4, -0.2) is 56.9 Å². The maximum Gasteiger partial charge on any atom is 0.221 e. The molecule has 2 heterocycles. The SMILES string of the molecule is COc1ccccc1-c1ccc(OCC2CCCO2)c(CN2CCNC(=O)CC2)c1. The first-order valence-corrected chi connectivity index (χ1v) is 10.7. The Bertz CT molecular complexity index is 864. The van der Waals surface area contributed by atoms with Gasteiger partial charge in [0.1, 0.15) is 18.1 Å². The van der Waals surface area contributed by atoms with Crippen molar-refractivity contribution in [1.29, 1.82) is 0 Å². The number of hydrogen-bond donors (Lipinski definition) is 1. The summed E-state index contributed by atoms with van der Waals surface area (Å²) in [6.07, 6.45) is 2.85. The van der Waals surface area contributed by atoms with Gasteiger partial charge in [0.05, 0.1) is 13.2 Å². The first-order chi connectivity index (χ1) is 14.7. The van der Waals surface area contributed by atoms with Crippen LogP contribution in [0.5, 0.6) is 11.5 Å². The first-order valence-electron chi connectivity index (χ1n) is 10.7. The van der Waals surface area contributed by atoms with Gasteiger partial charge < -0.3 is 19.5 Å². The van der Waals surface area contributed by atoms with Gasteiger partial charge in [0.25, 0.3) is 0 Å². The number of methoxy groups -OCH3 is 1. The molecule has 4 rings (SSSR count). The molecule has 2 fully saturated rings. The number of carbonyl (C=O) groups is 1. The van der Waals surface area contributed by atoms with E-state index in [2.05, 4.69) is 28.4 Å². The molecule has 1 atom stereocenters. The maximum absolute atomic E-state index is 11.7. The monoisotopic (exact) mass is 410 g/mol. The van der Waals surface area contributed by atoms with Crippen molar-refractivity contribution < 1.29 is 19.0 Å². The van der Waals surface area contributed by atoms with Crippen LogP contribution in [0.2, 0.25) is 0 Å². The van der Waals surface area contributed by atoms with Gasteiger partial charge in [-0.15, -0.1) is 0 Å². The Morgan fingerprint density at radius 2 is 2.07 bits per heavy atom. The normalized spacial score (nSPS) is 19.9. The minimum absolute atomic E-state index is 0.120. The Morgan fingerprint density at radius 1 is 1.17 bits per heavy atom. The minimum Gasteiger partial charge on any atom is -0.496 e. The van der Waals surface area contributed by atoms with Crippen LogP contribution in [0.25, 0.3) is 11.1 Å². The molecular formula is C24H30N2O4. The van der Waals surface area contributed by atoms with E-state index in [1.165, 1.54) is 0 Å². The predicted octanol–water partition coefficient (Wildman–Crippen LogP) is 3.24. The topological polar surface area (TPSA) is 60.0 Å². The summed E-state index contributed by atoms with van der Waals surface area (Å²) >= 11 is 0. The largest absolute Gasteiger partial charge is 0.496 e. The molecule has 0 saturated carbocycles. The molecule has 160 valence electrons. The van der Waals surface area contributed by atoms with Crippen LogP contribution in [-0.2, 0) is 16.1 Å². The molecule has 6 heteroatoms. The van der Waals surface area contributed by atoms with Crippen molar-refractivity contribution in [3.63, 3.8) is 0 Å². The lowest BCUT2D eigenvalue weighted by molar-refractivity contribution is -0.120. The number of nitrogens with one attached hydrogen (secondary N) is 1. The third-order valence-electron chi connectivity index (χ3n) is 5.73. The van der Waals surface area contributed by atoms with Gasteiger partial charge in [0.15, 0.2) is 0 Å². The van der Waals surface area contributed by atoms with Gasteiger partial charge in [-0.05, 0) is 36.6 Å². The van der Waals surface area contributed by atoms with Crippen molar-refractivity contribution in [2.24, 2.45) is 0 Å². The van der Waals surface area contributed by atoms with Gasteiger partial charge in [-0.1, -0.05) is 24.3 Å². The molecule has 0 bridgehead atoms. The van der Waals surface area contributed by atoms with Gasteiger partial charge in [-0.25, -0.2) is 0 Å². The number of carbonyl (C=O) groups excluding carboxylic acids is 1. The van der Waals surface area contributed by atoms with Crippen LogP contribution in [0.1, 0.15) is 24.8 Å². The number of rotatable bonds is 7. The zero-order chi connectivity index (χ0) is 20.8. The van der Waals surface area contributed by atoms with Crippen molar-refractivity contribution in [3.05, 3.63) is 48.0 Å². The van der Waals surface area contributed by atoms with E-state index in [-0.39, 0.29) is 12.0 Å². The van der Waals surface area contributed by atoms with Crippen LogP contribution in [0.4, 0.5) is 0 Å². The highest BCUT2D eigenvalue weighted by Crippen LogP contribution is 2.33. The van der Waals surface area contributed by atoms with Crippen LogP contribution < -0.4 is 14.8 Å². The van der Waals surface area contributed by atoms with E-state index >= 15 is 0 Å². The summed E-state index contributed by atoms with van der Waals surface area (Å²) in [5.41, 5.74) is 3.27. The number of para-hydroxylation sites is 1. The Morgan fingerprint density at radius 3 is 2.90 bits per heavy atom.